The molecule has 18 heavy (non-hydrogen) atoms. The van der Waals surface area contributed by atoms with Crippen molar-refractivity contribution >= 4 is 11.3 Å². The number of nitrogens with one attached hydrogen (secondary N) is 1. The van der Waals surface area contributed by atoms with Crippen LogP contribution in [0, 0.1) is 11.3 Å². The molecule has 0 radical (unpaired) electrons. The van der Waals surface area contributed by atoms with Crippen molar-refractivity contribution in [2.24, 2.45) is 0 Å². The van der Waals surface area contributed by atoms with Crippen molar-refractivity contribution < 1.29 is 0 Å². The molecule has 0 saturated carbocycles. The molecule has 2 rings (SSSR count). The Morgan fingerprint density at radius 2 is 2.44 bits per heavy atom. The van der Waals surface area contributed by atoms with E-state index in [0.717, 1.165) is 17.2 Å². The first-order chi connectivity index (χ1) is 8.68. The van der Waals surface area contributed by atoms with E-state index >= 15 is 0 Å². The molecule has 0 aliphatic heterocycles. The summed E-state index contributed by atoms with van der Waals surface area (Å²) in [5.74, 6) is 0.921. The van der Waals surface area contributed by atoms with Gasteiger partial charge in [-0.2, -0.15) is 5.26 Å². The van der Waals surface area contributed by atoms with E-state index in [2.05, 4.69) is 16.4 Å². The molecule has 0 aromatic carbocycles. The Bertz CT molecular complexity index is 538. The monoisotopic (exact) mass is 260 g/mol. The van der Waals surface area contributed by atoms with E-state index in [-0.39, 0.29) is 0 Å². The molecule has 0 aliphatic rings. The van der Waals surface area contributed by atoms with Crippen LogP contribution in [0.15, 0.2) is 29.9 Å². The van der Waals surface area contributed by atoms with Gasteiger partial charge in [0.05, 0.1) is 17.5 Å². The van der Waals surface area contributed by atoms with Crippen molar-refractivity contribution in [1.29, 1.82) is 5.26 Å². The van der Waals surface area contributed by atoms with Crippen LogP contribution < -0.4 is 5.32 Å². The van der Waals surface area contributed by atoms with Gasteiger partial charge in [0.25, 0.3) is 0 Å². The molecule has 2 heterocycles. The van der Waals surface area contributed by atoms with Crippen molar-refractivity contribution in [1.82, 2.24) is 14.9 Å². The summed E-state index contributed by atoms with van der Waals surface area (Å²) in [5, 5.41) is 14.5. The van der Waals surface area contributed by atoms with E-state index in [1.807, 2.05) is 42.1 Å². The smallest absolute Gasteiger partial charge is 0.150 e. The normalized spacial score (nSPS) is 14.1. The second-order valence-electron chi connectivity index (χ2n) is 4.33. The Morgan fingerprint density at radius 3 is 3.06 bits per heavy atom. The van der Waals surface area contributed by atoms with E-state index < -0.39 is 5.54 Å². The summed E-state index contributed by atoms with van der Waals surface area (Å²) in [6.07, 6.45) is 3.70. The lowest BCUT2D eigenvalue weighted by Crippen LogP contribution is -2.44. The van der Waals surface area contributed by atoms with E-state index in [1.54, 1.807) is 17.5 Å². The highest BCUT2D eigenvalue weighted by molar-refractivity contribution is 7.13. The number of hydrogen-bond donors (Lipinski definition) is 1. The van der Waals surface area contributed by atoms with Crippen molar-refractivity contribution in [2.45, 2.75) is 25.9 Å². The van der Waals surface area contributed by atoms with Crippen LogP contribution in [-0.2, 0) is 6.54 Å². The third-order valence-corrected chi connectivity index (χ3v) is 3.62. The fraction of sp³-hybridized carbons (Fsp3) is 0.385. The standard InChI is InChI=1S/C13H16N4S/c1-3-16-13(2,9-14)10-17-7-6-15-12(17)11-5-4-8-18-11/h4-8,16H,3,10H2,1-2H3. The van der Waals surface area contributed by atoms with E-state index in [1.165, 1.54) is 0 Å². The van der Waals surface area contributed by atoms with Crippen LogP contribution in [0.4, 0.5) is 0 Å². The summed E-state index contributed by atoms with van der Waals surface area (Å²) in [4.78, 5) is 5.50. The molecule has 5 heteroatoms. The SMILES string of the molecule is CCNC(C)(C#N)Cn1ccnc1-c1cccs1. The minimum Gasteiger partial charge on any atom is -0.327 e. The van der Waals surface area contributed by atoms with Gasteiger partial charge in [-0.15, -0.1) is 11.3 Å². The Kier molecular flexibility index (Phi) is 3.80. The van der Waals surface area contributed by atoms with Gasteiger partial charge in [0.15, 0.2) is 0 Å². The van der Waals surface area contributed by atoms with Crippen LogP contribution in [0.1, 0.15) is 13.8 Å². The molecule has 2 aromatic rings. The third kappa shape index (κ3) is 2.61. The average Bonchev–Trinajstić information content (AvgIpc) is 2.99. The second kappa shape index (κ2) is 5.34. The zero-order valence-corrected chi connectivity index (χ0v) is 11.4. The number of hydrogen-bond acceptors (Lipinski definition) is 4. The van der Waals surface area contributed by atoms with Crippen molar-refractivity contribution in [3.05, 3.63) is 29.9 Å². The van der Waals surface area contributed by atoms with Crippen LogP contribution in [0.5, 0.6) is 0 Å². The summed E-state index contributed by atoms with van der Waals surface area (Å²) in [7, 11) is 0. The molecule has 94 valence electrons. The van der Waals surface area contributed by atoms with E-state index in [9.17, 15) is 5.26 Å². The molecular formula is C13H16N4S. The molecule has 0 spiro atoms. The number of aromatic nitrogens is 2. The lowest BCUT2D eigenvalue weighted by atomic mass is 10.1. The Balaban J connectivity index is 2.26. The molecule has 4 nitrogen and oxygen atoms in total. The Hall–Kier alpha value is -1.64. The molecule has 1 unspecified atom stereocenters. The first-order valence-corrected chi connectivity index (χ1v) is 6.78. The minimum absolute atomic E-state index is 0.568. The van der Waals surface area contributed by atoms with Crippen LogP contribution in [0.3, 0.4) is 0 Å². The Morgan fingerprint density at radius 1 is 1.61 bits per heavy atom. The second-order valence-corrected chi connectivity index (χ2v) is 5.28. The first-order valence-electron chi connectivity index (χ1n) is 5.90. The van der Waals surface area contributed by atoms with Gasteiger partial charge in [-0.05, 0) is 24.9 Å². The number of rotatable bonds is 5. The largest absolute Gasteiger partial charge is 0.327 e. The van der Waals surface area contributed by atoms with Crippen LogP contribution in [0.2, 0.25) is 0 Å². The van der Waals surface area contributed by atoms with Gasteiger partial charge in [-0.1, -0.05) is 13.0 Å². The topological polar surface area (TPSA) is 53.6 Å². The number of nitrogens with zero attached hydrogens (tertiary/aromatic N) is 3. The predicted molar refractivity (Wildman–Crippen MR) is 73.2 cm³/mol. The van der Waals surface area contributed by atoms with Gasteiger partial charge >= 0.3 is 0 Å². The number of likely N-dealkylation sites (N-methyl/N-ethyl adjacent to an activating group) is 1. The summed E-state index contributed by atoms with van der Waals surface area (Å²) in [6.45, 7) is 5.27. The van der Waals surface area contributed by atoms with E-state index in [0.29, 0.717) is 6.54 Å². The predicted octanol–water partition coefficient (Wildman–Crippen LogP) is 2.50. The van der Waals surface area contributed by atoms with Gasteiger partial charge in [-0.25, -0.2) is 4.98 Å². The van der Waals surface area contributed by atoms with Gasteiger partial charge < -0.3 is 4.57 Å². The number of thiophene rings is 1. The van der Waals surface area contributed by atoms with Gasteiger partial charge in [0, 0.05) is 12.4 Å². The van der Waals surface area contributed by atoms with Gasteiger partial charge in [0.1, 0.15) is 11.4 Å². The maximum atomic E-state index is 9.29. The molecule has 0 amide bonds. The highest BCUT2D eigenvalue weighted by atomic mass is 32.1. The van der Waals surface area contributed by atoms with Crippen LogP contribution >= 0.6 is 11.3 Å². The zero-order valence-electron chi connectivity index (χ0n) is 10.6. The molecule has 0 aliphatic carbocycles. The number of imidazole rings is 1. The maximum Gasteiger partial charge on any atom is 0.150 e. The lowest BCUT2D eigenvalue weighted by Gasteiger charge is -2.23. The molecule has 2 aromatic heterocycles. The molecule has 1 atom stereocenters. The highest BCUT2D eigenvalue weighted by Crippen LogP contribution is 2.24. The fourth-order valence-electron chi connectivity index (χ4n) is 1.93. The summed E-state index contributed by atoms with van der Waals surface area (Å²) >= 11 is 1.66. The summed E-state index contributed by atoms with van der Waals surface area (Å²) < 4.78 is 2.03. The summed E-state index contributed by atoms with van der Waals surface area (Å²) in [5.41, 5.74) is -0.568. The quantitative estimate of drug-likeness (QED) is 0.898. The zero-order chi connectivity index (χ0) is 13.0. The molecular weight excluding hydrogens is 244 g/mol. The van der Waals surface area contributed by atoms with Crippen molar-refractivity contribution in [3.63, 3.8) is 0 Å². The van der Waals surface area contributed by atoms with Crippen LogP contribution in [-0.4, -0.2) is 21.6 Å². The fourth-order valence-corrected chi connectivity index (χ4v) is 2.67. The molecule has 0 fully saturated rings. The molecule has 0 bridgehead atoms. The first kappa shape index (κ1) is 12.8. The summed E-state index contributed by atoms with van der Waals surface area (Å²) in [6, 6.07) is 6.38. The third-order valence-electron chi connectivity index (χ3n) is 2.76. The number of nitriles is 1. The molecule has 1 N–H and O–H groups in total. The highest BCUT2D eigenvalue weighted by Gasteiger charge is 2.24. The van der Waals surface area contributed by atoms with Crippen molar-refractivity contribution in [2.75, 3.05) is 6.54 Å². The van der Waals surface area contributed by atoms with Crippen molar-refractivity contribution in [3.8, 4) is 16.8 Å². The molecule has 0 saturated heterocycles. The van der Waals surface area contributed by atoms with Crippen LogP contribution in [0.25, 0.3) is 10.7 Å². The minimum atomic E-state index is -0.568. The lowest BCUT2D eigenvalue weighted by molar-refractivity contribution is 0.399. The average molecular weight is 260 g/mol. The maximum absolute atomic E-state index is 9.29. The Labute approximate surface area is 111 Å². The van der Waals surface area contributed by atoms with E-state index in [4.69, 9.17) is 0 Å². The van der Waals surface area contributed by atoms with Gasteiger partial charge in [0.2, 0.25) is 0 Å². The van der Waals surface area contributed by atoms with Gasteiger partial charge in [-0.3, -0.25) is 5.32 Å².